The number of carbonyl (C=O) groups excluding carboxylic acids is 2. The molecule has 4 N–H and O–H groups in total. The van der Waals surface area contributed by atoms with Gasteiger partial charge in [-0.25, -0.2) is 9.78 Å². The van der Waals surface area contributed by atoms with Crippen LogP contribution in [0.15, 0.2) is 40.1 Å². The number of nitrogens with two attached hydrogens (primary N) is 1. The van der Waals surface area contributed by atoms with Gasteiger partial charge in [-0.3, -0.25) is 14.5 Å². The smallest absolute Gasteiger partial charge is 0.352 e. The number of β-lactam (4-membered cyclic amide) rings is 1. The second-order valence-electron chi connectivity index (χ2n) is 8.27. The molecule has 1 aliphatic carbocycles. The summed E-state index contributed by atoms with van der Waals surface area (Å²) >= 11 is 2.57. The molecule has 2 amide bonds. The maximum absolute atomic E-state index is 13.0. The predicted octanol–water partition coefficient (Wildman–Crippen LogP) is 0.291. The first kappa shape index (κ1) is 23.3. The number of oxime groups is 1. The molecule has 0 unspecified atom stereocenters. The van der Waals surface area contributed by atoms with E-state index in [0.29, 0.717) is 17.9 Å². The first-order valence-corrected chi connectivity index (χ1v) is 12.9. The molecule has 2 aromatic rings. The van der Waals surface area contributed by atoms with E-state index >= 15 is 0 Å². The van der Waals surface area contributed by atoms with Crippen molar-refractivity contribution in [3.05, 3.63) is 51.9 Å². The van der Waals surface area contributed by atoms with Crippen molar-refractivity contribution in [3.8, 4) is 0 Å². The SMILES string of the molecule is CO/N=C(\C(=O)N[C@@H]1C(=O)N2C(C(=O)O)=C(C[n+]3cccc4c3CCC4)CS[C@@H]12)c1csc(N)n1. The summed E-state index contributed by atoms with van der Waals surface area (Å²) in [5.41, 5.74) is 8.92. The molecule has 1 fully saturated rings. The molecule has 13 heteroatoms. The van der Waals surface area contributed by atoms with Crippen molar-refractivity contribution in [3.63, 3.8) is 0 Å². The molecule has 2 aromatic heterocycles. The minimum Gasteiger partial charge on any atom is -0.477 e. The fraction of sp³-hybridized carbons (Fsp3) is 0.364. The number of rotatable bonds is 7. The van der Waals surface area contributed by atoms with Crippen molar-refractivity contribution in [2.24, 2.45) is 5.16 Å². The summed E-state index contributed by atoms with van der Waals surface area (Å²) in [5, 5.41) is 17.7. The Labute approximate surface area is 208 Å². The van der Waals surface area contributed by atoms with Crippen molar-refractivity contribution in [2.75, 3.05) is 18.6 Å². The number of pyridine rings is 1. The van der Waals surface area contributed by atoms with Gasteiger partial charge < -0.3 is 21.0 Å². The zero-order valence-electron chi connectivity index (χ0n) is 18.8. The zero-order chi connectivity index (χ0) is 24.7. The molecule has 4 heterocycles. The lowest BCUT2D eigenvalue weighted by Gasteiger charge is -2.49. The number of aliphatic carboxylic acids is 1. The van der Waals surface area contributed by atoms with E-state index < -0.39 is 29.2 Å². The van der Waals surface area contributed by atoms with Gasteiger partial charge in [0, 0.05) is 34.8 Å². The van der Waals surface area contributed by atoms with Crippen LogP contribution in [0.4, 0.5) is 5.13 Å². The molecule has 2 atom stereocenters. The number of carboxylic acid groups (broad SMARTS) is 1. The molecule has 182 valence electrons. The molecule has 0 radical (unpaired) electrons. The highest BCUT2D eigenvalue weighted by Gasteiger charge is 2.55. The average Bonchev–Trinajstić information content (AvgIpc) is 3.49. The predicted molar refractivity (Wildman–Crippen MR) is 128 cm³/mol. The lowest BCUT2D eigenvalue weighted by molar-refractivity contribution is -0.696. The largest absolute Gasteiger partial charge is 0.477 e. The van der Waals surface area contributed by atoms with Gasteiger partial charge in [0.1, 0.15) is 29.9 Å². The monoisotopic (exact) mass is 515 g/mol. The lowest BCUT2D eigenvalue weighted by Crippen LogP contribution is -2.71. The summed E-state index contributed by atoms with van der Waals surface area (Å²) in [6, 6.07) is 3.18. The van der Waals surface area contributed by atoms with E-state index in [1.54, 1.807) is 5.38 Å². The molecule has 5 rings (SSSR count). The molecule has 11 nitrogen and oxygen atoms in total. The molecular weight excluding hydrogens is 492 g/mol. The van der Waals surface area contributed by atoms with Crippen LogP contribution in [0.1, 0.15) is 23.4 Å². The van der Waals surface area contributed by atoms with Crippen LogP contribution in [0.5, 0.6) is 0 Å². The average molecular weight is 516 g/mol. The van der Waals surface area contributed by atoms with Gasteiger partial charge in [-0.2, -0.15) is 4.57 Å². The van der Waals surface area contributed by atoms with Crippen molar-refractivity contribution in [1.82, 2.24) is 15.2 Å². The number of carboxylic acids is 1. The van der Waals surface area contributed by atoms with E-state index in [0.717, 1.165) is 30.6 Å². The van der Waals surface area contributed by atoms with Crippen LogP contribution in [0, 0.1) is 0 Å². The summed E-state index contributed by atoms with van der Waals surface area (Å²) in [4.78, 5) is 48.2. The number of aryl methyl sites for hydroxylation is 1. The summed E-state index contributed by atoms with van der Waals surface area (Å²) in [5.74, 6) is -1.86. The Morgan fingerprint density at radius 2 is 2.26 bits per heavy atom. The van der Waals surface area contributed by atoms with Crippen molar-refractivity contribution >= 4 is 51.7 Å². The Morgan fingerprint density at radius 3 is 2.97 bits per heavy atom. The number of fused-ring (bicyclic) bond motifs is 2. The standard InChI is InChI=1S/C22H22N6O5S2/c1-33-26-15(13-10-35-22(23)24-13)18(29)25-16-19(30)28-17(21(31)32)12(9-34-20(16)28)8-27-7-3-5-11-4-2-6-14(11)27/h3,5,7,10,16,20H,2,4,6,8-9H2,1H3,(H3-,23,24,25,29,31,32)/p+1/b26-15-/t16-,20+/m1/s1. The van der Waals surface area contributed by atoms with Gasteiger partial charge in [0.2, 0.25) is 0 Å². The Morgan fingerprint density at radius 1 is 1.43 bits per heavy atom. The third kappa shape index (κ3) is 4.14. The number of thioether (sulfide) groups is 1. The topological polar surface area (TPSA) is 151 Å². The van der Waals surface area contributed by atoms with Crippen LogP contribution < -0.4 is 15.6 Å². The lowest BCUT2D eigenvalue weighted by atomic mass is 10.0. The molecule has 0 saturated carbocycles. The van der Waals surface area contributed by atoms with Gasteiger partial charge >= 0.3 is 5.97 Å². The Balaban J connectivity index is 1.36. The molecule has 2 aliphatic heterocycles. The van der Waals surface area contributed by atoms with Crippen molar-refractivity contribution < 1.29 is 28.9 Å². The van der Waals surface area contributed by atoms with Crippen LogP contribution >= 0.6 is 23.1 Å². The molecule has 0 aromatic carbocycles. The van der Waals surface area contributed by atoms with Crippen LogP contribution in [-0.4, -0.2) is 62.8 Å². The van der Waals surface area contributed by atoms with E-state index in [1.165, 1.54) is 35.0 Å². The Kier molecular flexibility index (Phi) is 6.19. The van der Waals surface area contributed by atoms with Gasteiger partial charge in [-0.15, -0.1) is 23.1 Å². The quantitative estimate of drug-likeness (QED) is 0.206. The first-order valence-electron chi connectivity index (χ1n) is 10.9. The van der Waals surface area contributed by atoms with Gasteiger partial charge in [0.15, 0.2) is 29.3 Å². The second kappa shape index (κ2) is 9.30. The normalized spacial score (nSPS) is 21.3. The number of aromatic nitrogens is 2. The first-order chi connectivity index (χ1) is 16.9. The number of amides is 2. The number of hydrogen-bond acceptors (Lipinski definition) is 9. The van der Waals surface area contributed by atoms with E-state index in [4.69, 9.17) is 10.6 Å². The number of carbonyl (C=O) groups is 3. The molecule has 0 bridgehead atoms. The Hall–Kier alpha value is -3.45. The van der Waals surface area contributed by atoms with Gasteiger partial charge in [0.05, 0.1) is 0 Å². The maximum Gasteiger partial charge on any atom is 0.352 e. The van der Waals surface area contributed by atoms with E-state index in [9.17, 15) is 19.5 Å². The zero-order valence-corrected chi connectivity index (χ0v) is 20.4. The number of nitrogen functional groups attached to an aromatic ring is 1. The van der Waals surface area contributed by atoms with E-state index in [1.807, 2.05) is 12.3 Å². The third-order valence-electron chi connectivity index (χ3n) is 6.20. The Bertz CT molecular complexity index is 1290. The number of anilines is 1. The van der Waals surface area contributed by atoms with Crippen molar-refractivity contribution in [2.45, 2.75) is 37.2 Å². The molecule has 35 heavy (non-hydrogen) atoms. The minimum atomic E-state index is -1.16. The second-order valence-corrected chi connectivity index (χ2v) is 10.3. The number of nitrogens with one attached hydrogen (secondary N) is 1. The number of hydrogen-bond donors (Lipinski definition) is 3. The highest BCUT2D eigenvalue weighted by molar-refractivity contribution is 8.00. The summed E-state index contributed by atoms with van der Waals surface area (Å²) in [7, 11) is 1.29. The molecule has 1 saturated heterocycles. The van der Waals surface area contributed by atoms with E-state index in [2.05, 4.69) is 26.1 Å². The highest BCUT2D eigenvalue weighted by atomic mass is 32.2. The summed E-state index contributed by atoms with van der Waals surface area (Å²) in [6.45, 7) is 0.404. The van der Waals surface area contributed by atoms with Crippen LogP contribution in [0.3, 0.4) is 0 Å². The fourth-order valence-electron chi connectivity index (χ4n) is 4.67. The number of thiazole rings is 1. The molecule has 3 aliphatic rings. The highest BCUT2D eigenvalue weighted by Crippen LogP contribution is 2.40. The summed E-state index contributed by atoms with van der Waals surface area (Å²) < 4.78 is 2.08. The molecule has 0 spiro atoms. The van der Waals surface area contributed by atoms with Crippen LogP contribution in [-0.2, 0) is 38.6 Å². The van der Waals surface area contributed by atoms with Gasteiger partial charge in [-0.1, -0.05) is 5.16 Å². The summed E-state index contributed by atoms with van der Waals surface area (Å²) in [6.07, 6.45) is 5.01. The minimum absolute atomic E-state index is 0.00888. The molecular formula is C22H23N6O5S2+. The van der Waals surface area contributed by atoms with Gasteiger partial charge in [-0.05, 0) is 18.9 Å². The maximum atomic E-state index is 13.0. The fourth-order valence-corrected chi connectivity index (χ4v) is 6.56. The van der Waals surface area contributed by atoms with Crippen molar-refractivity contribution in [1.29, 1.82) is 0 Å². The van der Waals surface area contributed by atoms with Crippen LogP contribution in [0.2, 0.25) is 0 Å². The third-order valence-corrected chi connectivity index (χ3v) is 8.21. The van der Waals surface area contributed by atoms with Crippen LogP contribution in [0.25, 0.3) is 0 Å². The number of nitrogens with zero attached hydrogens (tertiary/aromatic N) is 4. The van der Waals surface area contributed by atoms with E-state index in [-0.39, 0.29) is 22.2 Å². The van der Waals surface area contributed by atoms with Gasteiger partial charge in [0.25, 0.3) is 11.8 Å².